The second kappa shape index (κ2) is 29.4. The van der Waals surface area contributed by atoms with E-state index in [1.165, 1.54) is 0 Å². The molecule has 0 aliphatic carbocycles. The molecule has 0 atom stereocenters. The molecule has 10 aromatic carbocycles. The van der Waals surface area contributed by atoms with Crippen LogP contribution in [0.5, 0.6) is 0 Å². The van der Waals surface area contributed by atoms with E-state index in [0.29, 0.717) is 17.3 Å². The van der Waals surface area contributed by atoms with Gasteiger partial charge in [-0.05, 0) is 186 Å². The molecule has 1 fully saturated rings. The average Bonchev–Trinajstić information content (AvgIpc) is 1.52. The van der Waals surface area contributed by atoms with Gasteiger partial charge in [0.25, 0.3) is 0 Å². The highest BCUT2D eigenvalue weighted by Crippen LogP contribution is 2.43. The number of furan rings is 2. The highest BCUT2D eigenvalue weighted by Gasteiger charge is 2.51. The summed E-state index contributed by atoms with van der Waals surface area (Å²) in [4.78, 5) is 37.4. The van der Waals surface area contributed by atoms with E-state index in [2.05, 4.69) is 192 Å². The molecule has 1 aliphatic heterocycles. The first-order valence-corrected chi connectivity index (χ1v) is 36.1. The number of benzene rings is 10. The molecule has 0 bridgehead atoms. The molecule has 0 amide bonds. The van der Waals surface area contributed by atoms with Crippen LogP contribution in [0.1, 0.15) is 27.7 Å². The monoisotopic (exact) mass is 1420 g/mol. The van der Waals surface area contributed by atoms with Crippen molar-refractivity contribution >= 4 is 68.3 Å². The summed E-state index contributed by atoms with van der Waals surface area (Å²) in [6.45, 7) is 8.26. The summed E-state index contributed by atoms with van der Waals surface area (Å²) in [5.74, 6) is 0.619. The summed E-state index contributed by atoms with van der Waals surface area (Å²) >= 11 is 6.47. The number of pyridine rings is 4. The lowest BCUT2D eigenvalue weighted by molar-refractivity contribution is 0.00578. The second-order valence-corrected chi connectivity index (χ2v) is 27.8. The van der Waals surface area contributed by atoms with Crippen molar-refractivity contribution in [3.05, 3.63) is 346 Å². The van der Waals surface area contributed by atoms with Crippen molar-refractivity contribution in [3.63, 3.8) is 0 Å². The molecule has 18 aromatic rings. The molecular weight excluding hydrogens is 1350 g/mol. The Morgan fingerprint density at radius 2 is 0.593 bits per heavy atom. The summed E-state index contributed by atoms with van der Waals surface area (Å²) < 4.78 is 24.3. The van der Waals surface area contributed by atoms with Crippen LogP contribution in [0.3, 0.4) is 0 Å². The Morgan fingerprint density at radius 3 is 0.963 bits per heavy atom. The lowest BCUT2D eigenvalue weighted by Gasteiger charge is -2.32. The largest absolute Gasteiger partial charge is 0.494 e. The van der Waals surface area contributed by atoms with Crippen LogP contribution >= 0.6 is 11.6 Å². The van der Waals surface area contributed by atoms with E-state index in [1.54, 1.807) is 0 Å². The minimum Gasteiger partial charge on any atom is -0.438 e. The molecule has 19 rings (SSSR count). The van der Waals surface area contributed by atoms with Gasteiger partial charge in [-0.1, -0.05) is 218 Å². The van der Waals surface area contributed by atoms with Gasteiger partial charge in [0.05, 0.1) is 56.1 Å². The number of aromatic nitrogens is 8. The van der Waals surface area contributed by atoms with E-state index in [9.17, 15) is 0 Å². The maximum atomic E-state index is 6.47. The Labute approximate surface area is 630 Å². The van der Waals surface area contributed by atoms with Gasteiger partial charge in [0.1, 0.15) is 11.2 Å². The van der Waals surface area contributed by atoms with Gasteiger partial charge in [-0.25, -0.2) is 9.97 Å². The van der Waals surface area contributed by atoms with Crippen LogP contribution in [-0.4, -0.2) is 58.2 Å². The Kier molecular flexibility index (Phi) is 18.5. The highest BCUT2D eigenvalue weighted by molar-refractivity contribution is 6.62. The van der Waals surface area contributed by atoms with Crippen LogP contribution in [0.15, 0.2) is 349 Å². The molecule has 12 nitrogen and oxygen atoms in total. The zero-order valence-corrected chi connectivity index (χ0v) is 60.3. The van der Waals surface area contributed by atoms with E-state index >= 15 is 0 Å². The Morgan fingerprint density at radius 1 is 0.278 bits per heavy atom. The molecule has 0 N–H and O–H groups in total. The molecule has 0 unspecified atom stereocenters. The number of halogens is 1. The first kappa shape index (κ1) is 68.0. The van der Waals surface area contributed by atoms with Crippen LogP contribution in [0.25, 0.3) is 168 Å². The van der Waals surface area contributed by atoms with Gasteiger partial charge in [-0.15, -0.1) is 0 Å². The predicted molar refractivity (Wildman–Crippen MR) is 437 cm³/mol. The summed E-state index contributed by atoms with van der Waals surface area (Å²) in [5, 5.41) is 3.80. The highest BCUT2D eigenvalue weighted by atomic mass is 35.5. The van der Waals surface area contributed by atoms with Crippen molar-refractivity contribution in [1.29, 1.82) is 0 Å². The third kappa shape index (κ3) is 14.1. The van der Waals surface area contributed by atoms with E-state index in [0.717, 1.165) is 156 Å². The molecule has 8 aromatic heterocycles. The number of fused-ring (bicyclic) bond motifs is 6. The van der Waals surface area contributed by atoms with Crippen LogP contribution in [0.4, 0.5) is 0 Å². The molecule has 1 aliphatic rings. The molecule has 518 valence electrons. The third-order valence-corrected chi connectivity index (χ3v) is 20.1. The molecule has 108 heavy (non-hydrogen) atoms. The smallest absolute Gasteiger partial charge is 0.438 e. The van der Waals surface area contributed by atoms with Crippen molar-refractivity contribution in [2.75, 3.05) is 0 Å². The van der Waals surface area contributed by atoms with Gasteiger partial charge < -0.3 is 18.1 Å². The van der Waals surface area contributed by atoms with Gasteiger partial charge in [0.15, 0.2) is 5.82 Å². The van der Waals surface area contributed by atoms with E-state index in [4.69, 9.17) is 44.7 Å². The summed E-state index contributed by atoms with van der Waals surface area (Å²) in [5.41, 5.74) is 24.1. The number of hydrogen-bond donors (Lipinski definition) is 0. The Bertz CT molecular complexity index is 6000. The molecule has 0 spiro atoms. The Hall–Kier alpha value is -13.2. The topological polar surface area (TPSA) is 148 Å². The van der Waals surface area contributed by atoms with E-state index < -0.39 is 0 Å². The van der Waals surface area contributed by atoms with Crippen LogP contribution in [-0.2, 0) is 9.31 Å². The maximum Gasteiger partial charge on any atom is 0.494 e. The van der Waals surface area contributed by atoms with Crippen LogP contribution in [0, 0.1) is 0 Å². The third-order valence-electron chi connectivity index (χ3n) is 19.9. The first-order valence-electron chi connectivity index (χ1n) is 35.8. The van der Waals surface area contributed by atoms with Crippen LogP contribution in [0.2, 0.25) is 5.28 Å². The number of rotatable bonds is 12. The van der Waals surface area contributed by atoms with E-state index in [-0.39, 0.29) is 23.6 Å². The fourth-order valence-electron chi connectivity index (χ4n) is 13.6. The molecular formula is C94H68BClN8O4. The van der Waals surface area contributed by atoms with Crippen molar-refractivity contribution < 1.29 is 18.1 Å². The minimum atomic E-state index is -0.256. The van der Waals surface area contributed by atoms with Crippen molar-refractivity contribution in [2.24, 2.45) is 0 Å². The number of nitrogens with zero attached hydrogens (tertiary/aromatic N) is 8. The molecule has 14 heteroatoms. The molecule has 1 saturated heterocycles. The molecule has 0 radical (unpaired) electrons. The average molecular weight is 1420 g/mol. The quantitative estimate of drug-likeness (QED) is 0.0847. The standard InChI is InChI=1S/C44H28N4O.C38H23ClN4O.C12H17BO2/c1-2-10-33(11-3-1)43-47-42(41-37-12-4-5-15-40(37)49-44(41)48-43)36-27-34(29-16-20-31(21-17-29)38-13-6-8-24-45-38)26-35(28-36)30-18-22-32(23-19-30)39-14-7-9-25-46-39;39-38-42-36(35-31-7-1-2-10-34(31)44-37(35)43-38)30-22-28(24-11-15-26(16-12-24)32-8-3-5-19-40-32)21-29(23-30)25-13-17-27(18-14-25)33-9-4-6-20-41-33;1-11(2)12(3,4)15-13(14-11)10-8-6-5-7-9-10/h1-28H;1-23H;5-9H,1-4H3. The summed E-state index contributed by atoms with van der Waals surface area (Å²) in [6.07, 6.45) is 7.27. The normalized spacial score (nSPS) is 12.9. The fraction of sp³-hybridized carbons (Fsp3) is 0.0638. The van der Waals surface area contributed by atoms with Gasteiger partial charge >= 0.3 is 7.12 Å². The lowest BCUT2D eigenvalue weighted by Crippen LogP contribution is -2.41. The van der Waals surface area contributed by atoms with Crippen molar-refractivity contribution in [1.82, 2.24) is 39.9 Å². The van der Waals surface area contributed by atoms with Crippen LogP contribution < -0.4 is 5.46 Å². The van der Waals surface area contributed by atoms with Gasteiger partial charge in [0, 0.05) is 74.5 Å². The lowest BCUT2D eigenvalue weighted by atomic mass is 9.79. The number of hydrogen-bond acceptors (Lipinski definition) is 12. The summed E-state index contributed by atoms with van der Waals surface area (Å²) in [7, 11) is -0.240. The molecule has 9 heterocycles. The van der Waals surface area contributed by atoms with Crippen molar-refractivity contribution in [2.45, 2.75) is 38.9 Å². The van der Waals surface area contributed by atoms with Gasteiger partial charge in [-0.3, -0.25) is 19.9 Å². The second-order valence-electron chi connectivity index (χ2n) is 27.4. The summed E-state index contributed by atoms with van der Waals surface area (Å²) in [6, 6.07) is 107. The minimum absolute atomic E-state index is 0.137. The van der Waals surface area contributed by atoms with E-state index in [1.807, 2.05) is 201 Å². The zero-order chi connectivity index (χ0) is 73.1. The SMILES string of the molecule is CC1(C)OB(c2ccccc2)OC1(C)C.Clc1nc(-c2cc(-c3ccc(-c4ccccn4)cc3)cc(-c3ccc(-c4ccccn4)cc3)c2)c2c(n1)oc1ccccc12.c1ccc(-c2nc(-c3cc(-c4ccc(-c5ccccn5)cc4)cc(-c4ccc(-c5ccccn5)cc4)c3)c3c(n2)oc2ccccc23)cc1. The molecule has 0 saturated carbocycles. The number of para-hydroxylation sites is 2. The first-order chi connectivity index (χ1) is 52.9. The predicted octanol–water partition coefficient (Wildman–Crippen LogP) is 23.3. The van der Waals surface area contributed by atoms with Gasteiger partial charge in [0.2, 0.25) is 16.7 Å². The fourth-order valence-corrected chi connectivity index (χ4v) is 13.8. The zero-order valence-electron chi connectivity index (χ0n) is 59.5. The van der Waals surface area contributed by atoms with Gasteiger partial charge in [-0.2, -0.15) is 9.97 Å². The maximum absolute atomic E-state index is 6.47. The Balaban J connectivity index is 0.000000133. The van der Waals surface area contributed by atoms with Crippen molar-refractivity contribution in [3.8, 4) is 123 Å².